The van der Waals surface area contributed by atoms with E-state index in [9.17, 15) is 8.78 Å². The van der Waals surface area contributed by atoms with Crippen LogP contribution in [-0.4, -0.2) is 11.0 Å². The molecule has 0 saturated heterocycles. The highest BCUT2D eigenvalue weighted by molar-refractivity contribution is 7.09. The van der Waals surface area contributed by atoms with E-state index in [4.69, 9.17) is 5.84 Å². The van der Waals surface area contributed by atoms with Crippen molar-refractivity contribution < 1.29 is 8.78 Å². The number of thiazole rings is 1. The normalized spacial score (nSPS) is 12.6. The maximum Gasteiger partial charge on any atom is 0.129 e. The van der Waals surface area contributed by atoms with Gasteiger partial charge in [-0.3, -0.25) is 11.3 Å². The first-order chi connectivity index (χ1) is 8.70. The quantitative estimate of drug-likeness (QED) is 0.645. The average Bonchev–Trinajstić information content (AvgIpc) is 2.85. The van der Waals surface area contributed by atoms with Crippen LogP contribution in [0.3, 0.4) is 0 Å². The Bertz CT molecular complexity index is 482. The largest absolute Gasteiger partial charge is 0.271 e. The van der Waals surface area contributed by atoms with E-state index in [0.29, 0.717) is 6.42 Å². The number of nitrogens with two attached hydrogens (primary N) is 1. The van der Waals surface area contributed by atoms with Crippen LogP contribution in [0.2, 0.25) is 0 Å². The molecule has 0 fully saturated rings. The second-order valence-electron chi connectivity index (χ2n) is 3.90. The Morgan fingerprint density at radius 3 is 2.56 bits per heavy atom. The van der Waals surface area contributed by atoms with Gasteiger partial charge in [0.2, 0.25) is 0 Å². The molecule has 0 amide bonds. The topological polar surface area (TPSA) is 50.9 Å². The third kappa shape index (κ3) is 3.10. The maximum absolute atomic E-state index is 13.5. The SMILES string of the molecule is NNC(Cc1nccs1)Cc1c(F)cccc1F. The lowest BCUT2D eigenvalue weighted by Gasteiger charge is -2.15. The maximum atomic E-state index is 13.5. The monoisotopic (exact) mass is 269 g/mol. The van der Waals surface area contributed by atoms with Gasteiger partial charge in [0, 0.05) is 29.6 Å². The van der Waals surface area contributed by atoms with Gasteiger partial charge in [0.05, 0.1) is 5.01 Å². The molecule has 0 spiro atoms. The molecule has 1 aromatic carbocycles. The lowest BCUT2D eigenvalue weighted by Crippen LogP contribution is -2.38. The molecule has 0 aliphatic rings. The fourth-order valence-electron chi connectivity index (χ4n) is 1.73. The van der Waals surface area contributed by atoms with Gasteiger partial charge >= 0.3 is 0 Å². The number of hydrazine groups is 1. The van der Waals surface area contributed by atoms with Crippen molar-refractivity contribution in [2.45, 2.75) is 18.9 Å². The van der Waals surface area contributed by atoms with Gasteiger partial charge in [0.25, 0.3) is 0 Å². The van der Waals surface area contributed by atoms with Crippen molar-refractivity contribution in [2.75, 3.05) is 0 Å². The summed E-state index contributed by atoms with van der Waals surface area (Å²) in [6, 6.07) is 3.59. The van der Waals surface area contributed by atoms with Crippen LogP contribution >= 0.6 is 11.3 Å². The Hall–Kier alpha value is -1.37. The second-order valence-corrected chi connectivity index (χ2v) is 4.88. The third-order valence-electron chi connectivity index (χ3n) is 2.65. The van der Waals surface area contributed by atoms with E-state index in [2.05, 4.69) is 10.4 Å². The van der Waals surface area contributed by atoms with E-state index in [1.165, 1.54) is 29.5 Å². The second kappa shape index (κ2) is 5.99. The summed E-state index contributed by atoms with van der Waals surface area (Å²) in [6.45, 7) is 0. The van der Waals surface area contributed by atoms with Crippen LogP contribution in [-0.2, 0) is 12.8 Å². The van der Waals surface area contributed by atoms with Gasteiger partial charge in [0.15, 0.2) is 0 Å². The standard InChI is InChI=1S/C12H13F2N3S/c13-10-2-1-3-11(14)9(10)6-8(17-15)7-12-16-4-5-18-12/h1-5,8,17H,6-7,15H2. The van der Waals surface area contributed by atoms with Crippen molar-refractivity contribution in [3.05, 3.63) is 52.0 Å². The lowest BCUT2D eigenvalue weighted by molar-refractivity contribution is 0.484. The molecule has 2 aromatic rings. The first-order valence-corrected chi connectivity index (χ1v) is 6.36. The number of aromatic nitrogens is 1. The highest BCUT2D eigenvalue weighted by atomic mass is 32.1. The molecular weight excluding hydrogens is 256 g/mol. The zero-order chi connectivity index (χ0) is 13.0. The molecule has 3 N–H and O–H groups in total. The predicted octanol–water partition coefficient (Wildman–Crippen LogP) is 2.04. The van der Waals surface area contributed by atoms with Gasteiger partial charge in [-0.2, -0.15) is 0 Å². The molecule has 6 heteroatoms. The zero-order valence-corrected chi connectivity index (χ0v) is 10.4. The molecule has 1 aromatic heterocycles. The van der Waals surface area contributed by atoms with Gasteiger partial charge in [0.1, 0.15) is 11.6 Å². The summed E-state index contributed by atoms with van der Waals surface area (Å²) in [6.07, 6.45) is 2.42. The molecule has 0 bridgehead atoms. The number of nitrogens with one attached hydrogen (secondary N) is 1. The Morgan fingerprint density at radius 2 is 2.00 bits per heavy atom. The first-order valence-electron chi connectivity index (χ1n) is 5.48. The summed E-state index contributed by atoms with van der Waals surface area (Å²) in [4.78, 5) is 4.13. The van der Waals surface area contributed by atoms with E-state index >= 15 is 0 Å². The minimum absolute atomic E-state index is 0.0528. The van der Waals surface area contributed by atoms with Gasteiger partial charge in [-0.25, -0.2) is 13.8 Å². The Labute approximate surface area is 108 Å². The van der Waals surface area contributed by atoms with Crippen LogP contribution < -0.4 is 11.3 Å². The fourth-order valence-corrected chi connectivity index (χ4v) is 2.43. The van der Waals surface area contributed by atoms with Crippen molar-refractivity contribution >= 4 is 11.3 Å². The molecule has 96 valence electrons. The van der Waals surface area contributed by atoms with E-state index < -0.39 is 11.6 Å². The molecule has 0 radical (unpaired) electrons. The molecular formula is C12H13F2N3S. The van der Waals surface area contributed by atoms with Crippen LogP contribution in [0.4, 0.5) is 8.78 Å². The van der Waals surface area contributed by atoms with Crippen LogP contribution in [0.1, 0.15) is 10.6 Å². The van der Waals surface area contributed by atoms with E-state index in [0.717, 1.165) is 5.01 Å². The van der Waals surface area contributed by atoms with Crippen molar-refractivity contribution in [3.8, 4) is 0 Å². The summed E-state index contributed by atoms with van der Waals surface area (Å²) in [5.41, 5.74) is 2.63. The molecule has 0 aliphatic carbocycles. The highest BCUT2D eigenvalue weighted by Gasteiger charge is 2.16. The van der Waals surface area contributed by atoms with Crippen LogP contribution in [0, 0.1) is 11.6 Å². The first kappa shape index (κ1) is 13.1. The van der Waals surface area contributed by atoms with Crippen molar-refractivity contribution in [1.82, 2.24) is 10.4 Å². The summed E-state index contributed by atoms with van der Waals surface area (Å²) in [7, 11) is 0. The third-order valence-corrected chi connectivity index (χ3v) is 3.45. The van der Waals surface area contributed by atoms with Gasteiger partial charge in [-0.15, -0.1) is 11.3 Å². The number of hydrogen-bond donors (Lipinski definition) is 2. The van der Waals surface area contributed by atoms with Crippen LogP contribution in [0.25, 0.3) is 0 Å². The molecule has 3 nitrogen and oxygen atoms in total. The van der Waals surface area contributed by atoms with E-state index in [-0.39, 0.29) is 18.0 Å². The minimum Gasteiger partial charge on any atom is -0.271 e. The summed E-state index contributed by atoms with van der Waals surface area (Å²) >= 11 is 1.49. The predicted molar refractivity (Wildman–Crippen MR) is 67.0 cm³/mol. The lowest BCUT2D eigenvalue weighted by atomic mass is 10.0. The van der Waals surface area contributed by atoms with Crippen LogP contribution in [0.15, 0.2) is 29.8 Å². The van der Waals surface area contributed by atoms with Crippen molar-refractivity contribution in [3.63, 3.8) is 0 Å². The van der Waals surface area contributed by atoms with E-state index in [1.54, 1.807) is 6.20 Å². The Kier molecular flexibility index (Phi) is 4.35. The summed E-state index contributed by atoms with van der Waals surface area (Å²) in [5, 5.41) is 2.74. The minimum atomic E-state index is -0.547. The molecule has 1 heterocycles. The molecule has 18 heavy (non-hydrogen) atoms. The highest BCUT2D eigenvalue weighted by Crippen LogP contribution is 2.16. The molecule has 0 saturated carbocycles. The Balaban J connectivity index is 2.10. The molecule has 1 atom stereocenters. The Morgan fingerprint density at radius 1 is 1.28 bits per heavy atom. The van der Waals surface area contributed by atoms with Gasteiger partial charge in [-0.05, 0) is 18.6 Å². The van der Waals surface area contributed by atoms with Crippen molar-refractivity contribution in [2.24, 2.45) is 5.84 Å². The van der Waals surface area contributed by atoms with E-state index in [1.807, 2.05) is 5.38 Å². The fraction of sp³-hybridized carbons (Fsp3) is 0.250. The number of hydrogen-bond acceptors (Lipinski definition) is 4. The van der Waals surface area contributed by atoms with Gasteiger partial charge in [-0.1, -0.05) is 6.07 Å². The molecule has 2 rings (SSSR count). The van der Waals surface area contributed by atoms with Gasteiger partial charge < -0.3 is 0 Å². The molecule has 1 unspecified atom stereocenters. The van der Waals surface area contributed by atoms with Crippen LogP contribution in [0.5, 0.6) is 0 Å². The summed E-state index contributed by atoms with van der Waals surface area (Å²) in [5.74, 6) is 4.33. The number of rotatable bonds is 5. The number of nitrogens with zero attached hydrogens (tertiary/aromatic N) is 1. The zero-order valence-electron chi connectivity index (χ0n) is 9.57. The summed E-state index contributed by atoms with van der Waals surface area (Å²) < 4.78 is 27.0. The van der Waals surface area contributed by atoms with Crippen molar-refractivity contribution in [1.29, 1.82) is 0 Å². The average molecular weight is 269 g/mol. The number of halogens is 2. The molecule has 0 aliphatic heterocycles. The number of benzene rings is 1. The smallest absolute Gasteiger partial charge is 0.129 e.